The second-order valence-corrected chi connectivity index (χ2v) is 6.59. The van der Waals surface area contributed by atoms with Crippen LogP contribution in [0.1, 0.15) is 24.2 Å². The zero-order valence-electron chi connectivity index (χ0n) is 14.7. The summed E-state index contributed by atoms with van der Waals surface area (Å²) in [5.41, 5.74) is 0.146. The summed E-state index contributed by atoms with van der Waals surface area (Å²) in [7, 11) is 0. The van der Waals surface area contributed by atoms with Crippen molar-refractivity contribution in [2.45, 2.75) is 26.6 Å². The van der Waals surface area contributed by atoms with Crippen molar-refractivity contribution in [3.63, 3.8) is 0 Å². The number of piperazine rings is 1. The first-order chi connectivity index (χ1) is 11.8. The molecule has 25 heavy (non-hydrogen) atoms. The number of alkyl halides is 3. The molecule has 0 bridgehead atoms. The van der Waals surface area contributed by atoms with Gasteiger partial charge < -0.3 is 15.1 Å². The van der Waals surface area contributed by atoms with E-state index in [0.717, 1.165) is 56.3 Å². The number of nitrogens with zero attached hydrogens (tertiary/aromatic N) is 4. The van der Waals surface area contributed by atoms with E-state index in [1.54, 1.807) is 0 Å². The molecule has 1 saturated heterocycles. The molecule has 1 aliphatic heterocycles. The third-order valence-corrected chi connectivity index (χ3v) is 4.33. The average molecular weight is 361 g/mol. The molecular formula is C16H26F3N5O. The highest BCUT2D eigenvalue weighted by Crippen LogP contribution is 2.17. The quantitative estimate of drug-likeness (QED) is 0.799. The smallest absolute Gasteiger partial charge is 0.352 e. The van der Waals surface area contributed by atoms with Gasteiger partial charge in [-0.15, -0.1) is 0 Å². The molecule has 1 N–H and O–H groups in total. The van der Waals surface area contributed by atoms with Crippen molar-refractivity contribution in [2.75, 3.05) is 45.8 Å². The van der Waals surface area contributed by atoms with E-state index in [4.69, 9.17) is 0 Å². The van der Waals surface area contributed by atoms with Crippen LogP contribution in [0, 0.1) is 5.92 Å². The average Bonchev–Trinajstić information content (AvgIpc) is 3.00. The first-order valence-corrected chi connectivity index (χ1v) is 8.59. The molecule has 2 rings (SSSR count). The lowest BCUT2D eigenvalue weighted by atomic mass is 10.1. The van der Waals surface area contributed by atoms with Gasteiger partial charge in [0.1, 0.15) is 6.54 Å². The first-order valence-electron chi connectivity index (χ1n) is 8.59. The number of halogens is 3. The van der Waals surface area contributed by atoms with Crippen LogP contribution in [0.3, 0.4) is 0 Å². The molecular weight excluding hydrogens is 335 g/mol. The fourth-order valence-corrected chi connectivity index (χ4v) is 2.91. The second-order valence-electron chi connectivity index (χ2n) is 6.59. The molecule has 0 radical (unpaired) electrons. The van der Waals surface area contributed by atoms with Gasteiger partial charge in [0.05, 0.1) is 11.8 Å². The summed E-state index contributed by atoms with van der Waals surface area (Å²) < 4.78 is 37.6. The number of hydrogen-bond acceptors (Lipinski definition) is 4. The van der Waals surface area contributed by atoms with Gasteiger partial charge in [-0.05, 0) is 12.5 Å². The molecule has 1 aliphatic rings. The Morgan fingerprint density at radius 1 is 1.28 bits per heavy atom. The maximum Gasteiger partial charge on any atom is 0.408 e. The largest absolute Gasteiger partial charge is 0.408 e. The Balaban J connectivity index is 1.72. The minimum Gasteiger partial charge on any atom is -0.352 e. The molecule has 142 valence electrons. The molecule has 1 fully saturated rings. The van der Waals surface area contributed by atoms with Crippen LogP contribution < -0.4 is 5.32 Å². The van der Waals surface area contributed by atoms with Crippen LogP contribution in [0.4, 0.5) is 13.2 Å². The van der Waals surface area contributed by atoms with Crippen molar-refractivity contribution < 1.29 is 18.0 Å². The lowest BCUT2D eigenvalue weighted by Gasteiger charge is -2.35. The van der Waals surface area contributed by atoms with Gasteiger partial charge in [0.25, 0.3) is 5.91 Å². The topological polar surface area (TPSA) is 53.4 Å². The van der Waals surface area contributed by atoms with Crippen molar-refractivity contribution in [1.82, 2.24) is 24.9 Å². The number of carbonyl (C=O) groups excluding carboxylic acids is 1. The molecule has 1 aromatic rings. The zero-order chi connectivity index (χ0) is 18.4. The van der Waals surface area contributed by atoms with Crippen LogP contribution in [0.25, 0.3) is 0 Å². The van der Waals surface area contributed by atoms with Gasteiger partial charge in [-0.25, -0.2) is 0 Å². The molecule has 0 saturated carbocycles. The van der Waals surface area contributed by atoms with E-state index in [2.05, 4.69) is 34.1 Å². The number of hydrogen-bond donors (Lipinski definition) is 1. The Labute approximate surface area is 146 Å². The summed E-state index contributed by atoms with van der Waals surface area (Å²) >= 11 is 0. The molecule has 1 atom stereocenters. The minimum absolute atomic E-state index is 0.146. The van der Waals surface area contributed by atoms with Crippen LogP contribution in [0.2, 0.25) is 0 Å². The molecule has 9 heteroatoms. The van der Waals surface area contributed by atoms with Crippen LogP contribution in [-0.2, 0) is 6.54 Å². The highest BCUT2D eigenvalue weighted by molar-refractivity contribution is 5.93. The van der Waals surface area contributed by atoms with Crippen molar-refractivity contribution in [1.29, 1.82) is 0 Å². The molecule has 1 aromatic heterocycles. The maximum atomic E-state index is 12.3. The Bertz CT molecular complexity index is 552. The van der Waals surface area contributed by atoms with Crippen molar-refractivity contribution in [2.24, 2.45) is 5.92 Å². The number of aromatic nitrogens is 2. The molecule has 1 unspecified atom stereocenters. The van der Waals surface area contributed by atoms with Crippen LogP contribution in [0.15, 0.2) is 12.4 Å². The summed E-state index contributed by atoms with van der Waals surface area (Å²) in [5.74, 6) is -0.126. The molecule has 2 heterocycles. The van der Waals surface area contributed by atoms with E-state index in [0.29, 0.717) is 6.54 Å². The Morgan fingerprint density at radius 3 is 2.52 bits per heavy atom. The third kappa shape index (κ3) is 6.66. The predicted molar refractivity (Wildman–Crippen MR) is 88.3 cm³/mol. The van der Waals surface area contributed by atoms with Crippen LogP contribution >= 0.6 is 0 Å². The van der Waals surface area contributed by atoms with Crippen molar-refractivity contribution in [3.8, 4) is 0 Å². The van der Waals surface area contributed by atoms with Gasteiger partial charge in [0, 0.05) is 45.5 Å². The standard InChI is InChI=1S/C16H26F3N5O/c1-3-22-4-6-23(7-5-22)10-13(2)8-20-15(25)14-9-21-24(11-14)12-16(17,18)19/h9,11,13H,3-8,10,12H2,1-2H3,(H,20,25). The van der Waals surface area contributed by atoms with E-state index in [1.165, 1.54) is 0 Å². The molecule has 0 aromatic carbocycles. The summed E-state index contributed by atoms with van der Waals surface area (Å²) in [5, 5.41) is 6.36. The maximum absolute atomic E-state index is 12.3. The first kappa shape index (κ1) is 19.7. The van der Waals surface area contributed by atoms with Crippen molar-refractivity contribution in [3.05, 3.63) is 18.0 Å². The normalized spacial score (nSPS) is 18.3. The second kappa shape index (κ2) is 8.66. The fraction of sp³-hybridized carbons (Fsp3) is 0.750. The lowest BCUT2D eigenvalue weighted by molar-refractivity contribution is -0.142. The molecule has 6 nitrogen and oxygen atoms in total. The summed E-state index contributed by atoms with van der Waals surface area (Å²) in [6, 6.07) is 0. The van der Waals surface area contributed by atoms with Crippen LogP contribution in [0.5, 0.6) is 0 Å². The number of carbonyl (C=O) groups is 1. The summed E-state index contributed by atoms with van der Waals surface area (Å²) in [4.78, 5) is 16.8. The van der Waals surface area contributed by atoms with E-state index in [1.807, 2.05) is 0 Å². The molecule has 0 spiro atoms. The van der Waals surface area contributed by atoms with E-state index in [-0.39, 0.29) is 11.5 Å². The Morgan fingerprint density at radius 2 is 1.92 bits per heavy atom. The minimum atomic E-state index is -4.35. The van der Waals surface area contributed by atoms with E-state index in [9.17, 15) is 18.0 Å². The van der Waals surface area contributed by atoms with Gasteiger partial charge in [0.2, 0.25) is 0 Å². The SMILES string of the molecule is CCN1CCN(CC(C)CNC(=O)c2cnn(CC(F)(F)F)c2)CC1. The number of likely N-dealkylation sites (N-methyl/N-ethyl adjacent to an activating group) is 1. The highest BCUT2D eigenvalue weighted by atomic mass is 19.4. The lowest BCUT2D eigenvalue weighted by Crippen LogP contribution is -2.48. The Kier molecular flexibility index (Phi) is 6.83. The zero-order valence-corrected chi connectivity index (χ0v) is 14.7. The number of nitrogens with one attached hydrogen (secondary N) is 1. The Hall–Kier alpha value is -1.61. The highest BCUT2D eigenvalue weighted by Gasteiger charge is 2.28. The third-order valence-electron chi connectivity index (χ3n) is 4.33. The van der Waals surface area contributed by atoms with Crippen LogP contribution in [-0.4, -0.2) is 77.5 Å². The van der Waals surface area contributed by atoms with Gasteiger partial charge in [0.15, 0.2) is 0 Å². The summed E-state index contributed by atoms with van der Waals surface area (Å²) in [6.45, 7) is 9.64. The van der Waals surface area contributed by atoms with E-state index >= 15 is 0 Å². The predicted octanol–water partition coefficient (Wildman–Crippen LogP) is 1.45. The van der Waals surface area contributed by atoms with Gasteiger partial charge in [-0.2, -0.15) is 18.3 Å². The fourth-order valence-electron chi connectivity index (χ4n) is 2.91. The number of rotatable bonds is 7. The summed E-state index contributed by atoms with van der Waals surface area (Å²) in [6.07, 6.45) is -2.07. The van der Waals surface area contributed by atoms with E-state index < -0.39 is 18.6 Å². The van der Waals surface area contributed by atoms with Crippen molar-refractivity contribution >= 4 is 5.91 Å². The molecule has 0 aliphatic carbocycles. The number of amides is 1. The van der Waals surface area contributed by atoms with Gasteiger partial charge >= 0.3 is 6.18 Å². The monoisotopic (exact) mass is 361 g/mol. The van der Waals surface area contributed by atoms with Gasteiger partial charge in [-0.1, -0.05) is 13.8 Å². The van der Waals surface area contributed by atoms with Gasteiger partial charge in [-0.3, -0.25) is 9.48 Å². The molecule has 1 amide bonds.